The lowest BCUT2D eigenvalue weighted by Gasteiger charge is -2.34. The van der Waals surface area contributed by atoms with Gasteiger partial charge in [-0.1, -0.05) is 18.2 Å². The van der Waals surface area contributed by atoms with E-state index in [1.807, 2.05) is 22.9 Å². The maximum Gasteiger partial charge on any atom is 0.317 e. The van der Waals surface area contributed by atoms with Crippen molar-refractivity contribution in [3.8, 4) is 10.4 Å². The fourth-order valence-corrected chi connectivity index (χ4v) is 5.86. The summed E-state index contributed by atoms with van der Waals surface area (Å²) in [5.41, 5.74) is 1.82. The van der Waals surface area contributed by atoms with Crippen LogP contribution in [0.2, 0.25) is 0 Å². The van der Waals surface area contributed by atoms with Gasteiger partial charge in [-0.25, -0.2) is 14.2 Å². The number of fused-ring (bicyclic) bond motifs is 1. The molecular weight excluding hydrogens is 473 g/mol. The van der Waals surface area contributed by atoms with Crippen LogP contribution in [0.25, 0.3) is 20.7 Å². The normalized spacial score (nSPS) is 14.6. The standard InChI is InChI=1S/C24H24FN5O2S2/c25-17-5-3-16(4-6-17)7-8-26-24(32)30-11-9-29(10-12-30)14-20-27-22(31)21-18(15-34-23(21)28-20)19-2-1-13-33-19/h1-6,13,15H,7-12,14H2,(H,26,32)(H,27,28,31). The number of carbonyl (C=O) groups is 1. The summed E-state index contributed by atoms with van der Waals surface area (Å²) in [5, 5.41) is 7.59. The molecule has 0 aliphatic carbocycles. The second-order valence-corrected chi connectivity index (χ2v) is 10.00. The highest BCUT2D eigenvalue weighted by atomic mass is 32.1. The molecule has 1 fully saturated rings. The van der Waals surface area contributed by atoms with Crippen molar-refractivity contribution in [1.29, 1.82) is 0 Å². The van der Waals surface area contributed by atoms with E-state index in [1.165, 1.54) is 23.5 Å². The number of hydrogen-bond acceptors (Lipinski definition) is 6. The smallest absolute Gasteiger partial charge is 0.317 e. The van der Waals surface area contributed by atoms with Gasteiger partial charge in [0.05, 0.1) is 11.9 Å². The van der Waals surface area contributed by atoms with Crippen LogP contribution >= 0.6 is 22.7 Å². The van der Waals surface area contributed by atoms with E-state index in [0.717, 1.165) is 20.8 Å². The summed E-state index contributed by atoms with van der Waals surface area (Å²) in [4.78, 5) is 38.7. The highest BCUT2D eigenvalue weighted by molar-refractivity contribution is 7.18. The van der Waals surface area contributed by atoms with Gasteiger partial charge in [0, 0.05) is 48.5 Å². The molecule has 0 radical (unpaired) electrons. The second-order valence-electron chi connectivity index (χ2n) is 8.19. The van der Waals surface area contributed by atoms with Crippen LogP contribution in [-0.4, -0.2) is 58.5 Å². The third kappa shape index (κ3) is 5.03. The molecule has 4 aromatic rings. The van der Waals surface area contributed by atoms with Gasteiger partial charge in [0.25, 0.3) is 5.56 Å². The molecule has 176 valence electrons. The van der Waals surface area contributed by atoms with E-state index in [9.17, 15) is 14.0 Å². The Hall–Kier alpha value is -3.08. The predicted octanol–water partition coefficient (Wildman–Crippen LogP) is 3.92. The number of carbonyl (C=O) groups excluding carboxylic acids is 1. The Labute approximate surface area is 203 Å². The van der Waals surface area contributed by atoms with Gasteiger partial charge in [0.15, 0.2) is 0 Å². The monoisotopic (exact) mass is 497 g/mol. The highest BCUT2D eigenvalue weighted by Crippen LogP contribution is 2.33. The Balaban J connectivity index is 1.13. The van der Waals surface area contributed by atoms with E-state index >= 15 is 0 Å². The first-order valence-corrected chi connectivity index (χ1v) is 12.9. The van der Waals surface area contributed by atoms with Gasteiger partial charge in [0.2, 0.25) is 0 Å². The summed E-state index contributed by atoms with van der Waals surface area (Å²) in [6.45, 7) is 3.67. The number of urea groups is 1. The molecule has 10 heteroatoms. The number of H-pyrrole nitrogens is 1. The Morgan fingerprint density at radius 2 is 1.91 bits per heavy atom. The van der Waals surface area contributed by atoms with Gasteiger partial charge in [-0.15, -0.1) is 22.7 Å². The largest absolute Gasteiger partial charge is 0.338 e. The van der Waals surface area contributed by atoms with Gasteiger partial charge >= 0.3 is 6.03 Å². The summed E-state index contributed by atoms with van der Waals surface area (Å²) in [6, 6.07) is 10.2. The molecule has 4 heterocycles. The van der Waals surface area contributed by atoms with Crippen molar-refractivity contribution in [3.05, 3.63) is 74.7 Å². The fourth-order valence-electron chi connectivity index (χ4n) is 4.08. The van der Waals surface area contributed by atoms with Crippen molar-refractivity contribution in [2.45, 2.75) is 13.0 Å². The molecule has 34 heavy (non-hydrogen) atoms. The van der Waals surface area contributed by atoms with Crippen molar-refractivity contribution in [3.63, 3.8) is 0 Å². The minimum Gasteiger partial charge on any atom is -0.338 e. The molecule has 1 aliphatic rings. The zero-order valence-corrected chi connectivity index (χ0v) is 20.1. The quantitative estimate of drug-likeness (QED) is 0.423. The predicted molar refractivity (Wildman–Crippen MR) is 134 cm³/mol. The first kappa shape index (κ1) is 22.7. The van der Waals surface area contributed by atoms with Gasteiger partial charge in [-0.3, -0.25) is 9.69 Å². The first-order valence-electron chi connectivity index (χ1n) is 11.1. The number of rotatable bonds is 6. The van der Waals surface area contributed by atoms with E-state index in [0.29, 0.717) is 56.9 Å². The first-order chi connectivity index (χ1) is 16.6. The number of aromatic nitrogens is 2. The van der Waals surface area contributed by atoms with Crippen molar-refractivity contribution in [2.24, 2.45) is 0 Å². The third-order valence-electron chi connectivity index (χ3n) is 5.92. The Morgan fingerprint density at radius 3 is 2.65 bits per heavy atom. The number of aromatic amines is 1. The van der Waals surface area contributed by atoms with E-state index < -0.39 is 0 Å². The number of thiophene rings is 2. The molecule has 0 atom stereocenters. The average Bonchev–Trinajstić information content (AvgIpc) is 3.51. The number of piperazine rings is 1. The zero-order valence-electron chi connectivity index (χ0n) is 18.4. The van der Waals surface area contributed by atoms with Crippen LogP contribution in [0.3, 0.4) is 0 Å². The molecular formula is C24H24FN5O2S2. The van der Waals surface area contributed by atoms with Crippen LogP contribution < -0.4 is 10.9 Å². The molecule has 1 saturated heterocycles. The van der Waals surface area contributed by atoms with Crippen molar-refractivity contribution in [2.75, 3.05) is 32.7 Å². The van der Waals surface area contributed by atoms with E-state index in [-0.39, 0.29) is 17.4 Å². The summed E-state index contributed by atoms with van der Waals surface area (Å²) < 4.78 is 13.0. The molecule has 5 rings (SSSR count). The maximum atomic E-state index is 13.0. The number of nitrogens with one attached hydrogen (secondary N) is 2. The van der Waals surface area contributed by atoms with Crippen molar-refractivity contribution >= 4 is 38.9 Å². The number of amides is 2. The van der Waals surface area contributed by atoms with Crippen LogP contribution in [0.1, 0.15) is 11.4 Å². The lowest BCUT2D eigenvalue weighted by molar-refractivity contribution is 0.133. The Kier molecular flexibility index (Phi) is 6.70. The van der Waals surface area contributed by atoms with Crippen LogP contribution in [0.15, 0.2) is 52.0 Å². The van der Waals surface area contributed by atoms with Crippen molar-refractivity contribution < 1.29 is 9.18 Å². The molecule has 3 aromatic heterocycles. The van der Waals surface area contributed by atoms with Gasteiger partial charge < -0.3 is 15.2 Å². The molecule has 0 saturated carbocycles. The van der Waals surface area contributed by atoms with Gasteiger partial charge in [0.1, 0.15) is 16.5 Å². The number of nitrogens with zero attached hydrogens (tertiary/aromatic N) is 3. The van der Waals surface area contributed by atoms with Crippen LogP contribution in [0.4, 0.5) is 9.18 Å². The van der Waals surface area contributed by atoms with Crippen LogP contribution in [-0.2, 0) is 13.0 Å². The summed E-state index contributed by atoms with van der Waals surface area (Å²) in [5.74, 6) is 0.387. The average molecular weight is 498 g/mol. The Bertz CT molecular complexity index is 1330. The summed E-state index contributed by atoms with van der Waals surface area (Å²) >= 11 is 3.10. The molecule has 2 N–H and O–H groups in total. The number of benzene rings is 1. The minimum atomic E-state index is -0.261. The number of halogens is 1. The molecule has 2 amide bonds. The molecule has 0 bridgehead atoms. The molecule has 7 nitrogen and oxygen atoms in total. The fraction of sp³-hybridized carbons (Fsp3) is 0.292. The van der Waals surface area contributed by atoms with Crippen molar-refractivity contribution in [1.82, 2.24) is 25.1 Å². The van der Waals surface area contributed by atoms with Crippen LogP contribution in [0, 0.1) is 5.82 Å². The topological polar surface area (TPSA) is 81.3 Å². The zero-order chi connectivity index (χ0) is 23.5. The van der Waals surface area contributed by atoms with E-state index in [2.05, 4.69) is 15.2 Å². The second kappa shape index (κ2) is 10.0. The summed E-state index contributed by atoms with van der Waals surface area (Å²) in [7, 11) is 0. The van der Waals surface area contributed by atoms with Gasteiger partial charge in [-0.05, 0) is 35.6 Å². The van der Waals surface area contributed by atoms with Gasteiger partial charge in [-0.2, -0.15) is 0 Å². The van der Waals surface area contributed by atoms with E-state index in [4.69, 9.17) is 4.98 Å². The SMILES string of the molecule is O=C(NCCc1ccc(F)cc1)N1CCN(Cc2nc3scc(-c4cccs4)c3c(=O)[nH]2)CC1. The molecule has 0 spiro atoms. The highest BCUT2D eigenvalue weighted by Gasteiger charge is 2.22. The lowest BCUT2D eigenvalue weighted by Crippen LogP contribution is -2.51. The lowest BCUT2D eigenvalue weighted by atomic mass is 10.1. The molecule has 1 aliphatic heterocycles. The maximum absolute atomic E-state index is 13.0. The van der Waals surface area contributed by atoms with E-state index in [1.54, 1.807) is 28.4 Å². The summed E-state index contributed by atoms with van der Waals surface area (Å²) in [6.07, 6.45) is 0.657. The molecule has 1 aromatic carbocycles. The third-order valence-corrected chi connectivity index (χ3v) is 7.69. The number of hydrogen-bond donors (Lipinski definition) is 2. The van der Waals surface area contributed by atoms with Crippen LogP contribution in [0.5, 0.6) is 0 Å². The Morgan fingerprint density at radius 1 is 1.12 bits per heavy atom. The molecule has 0 unspecified atom stereocenters. The minimum absolute atomic E-state index is 0.0885.